The molecule has 0 bridgehead atoms. The Balaban J connectivity index is 1.49. The molecule has 0 amide bonds. The van der Waals surface area contributed by atoms with Gasteiger partial charge in [-0.2, -0.15) is 0 Å². The molecule has 3 rings (SSSR count). The maximum absolute atomic E-state index is 6.14. The van der Waals surface area contributed by atoms with Crippen molar-refractivity contribution in [1.29, 1.82) is 0 Å². The first-order valence-electron chi connectivity index (χ1n) is 11.1. The van der Waals surface area contributed by atoms with Crippen molar-refractivity contribution >= 4 is 5.96 Å². The van der Waals surface area contributed by atoms with Gasteiger partial charge in [0.25, 0.3) is 0 Å². The molecule has 2 aromatic carbocycles. The van der Waals surface area contributed by atoms with Crippen molar-refractivity contribution in [2.75, 3.05) is 40.5 Å². The van der Waals surface area contributed by atoms with E-state index in [2.05, 4.69) is 40.7 Å². The van der Waals surface area contributed by atoms with Crippen LogP contribution in [0.5, 0.6) is 17.2 Å². The van der Waals surface area contributed by atoms with Gasteiger partial charge in [-0.1, -0.05) is 18.2 Å². The molecular formula is C25H35N3O4. The molecule has 7 heteroatoms. The van der Waals surface area contributed by atoms with Crippen LogP contribution in [-0.2, 0) is 11.3 Å². The van der Waals surface area contributed by atoms with Crippen molar-refractivity contribution in [2.45, 2.75) is 32.9 Å². The molecule has 0 aliphatic carbocycles. The number of hydrogen-bond donors (Lipinski definition) is 2. The number of hydrogen-bond acceptors (Lipinski definition) is 5. The molecule has 7 nitrogen and oxygen atoms in total. The summed E-state index contributed by atoms with van der Waals surface area (Å²) in [5.41, 5.74) is 2.27. The van der Waals surface area contributed by atoms with Crippen LogP contribution in [0.25, 0.3) is 0 Å². The number of nitrogens with zero attached hydrogens (tertiary/aromatic N) is 1. The number of benzene rings is 2. The fourth-order valence-corrected chi connectivity index (χ4v) is 3.45. The summed E-state index contributed by atoms with van der Waals surface area (Å²) in [7, 11) is 3.41. The molecule has 0 radical (unpaired) electrons. The van der Waals surface area contributed by atoms with Gasteiger partial charge in [0, 0.05) is 37.7 Å². The molecule has 174 valence electrons. The average Bonchev–Trinajstić information content (AvgIpc) is 3.32. The number of guanidine groups is 1. The van der Waals surface area contributed by atoms with Gasteiger partial charge in [-0.05, 0) is 44.0 Å². The minimum Gasteiger partial charge on any atom is -0.497 e. The Hall–Kier alpha value is -2.93. The van der Waals surface area contributed by atoms with Crippen LogP contribution in [-0.4, -0.2) is 52.6 Å². The normalized spacial score (nSPS) is 17.0. The Kier molecular flexibility index (Phi) is 9.04. The molecule has 2 aromatic rings. The Morgan fingerprint density at radius 1 is 1.19 bits per heavy atom. The molecule has 0 saturated carbocycles. The number of methoxy groups -OCH3 is 1. The molecule has 1 heterocycles. The fraction of sp³-hybridized carbons (Fsp3) is 0.480. The number of ether oxygens (including phenoxy) is 4. The topological polar surface area (TPSA) is 73.3 Å². The maximum Gasteiger partial charge on any atom is 0.191 e. The van der Waals surface area contributed by atoms with Crippen LogP contribution in [0.2, 0.25) is 0 Å². The van der Waals surface area contributed by atoms with E-state index in [1.165, 1.54) is 5.56 Å². The van der Waals surface area contributed by atoms with Crippen LogP contribution >= 0.6 is 0 Å². The molecule has 32 heavy (non-hydrogen) atoms. The van der Waals surface area contributed by atoms with Crippen molar-refractivity contribution in [3.8, 4) is 17.2 Å². The van der Waals surface area contributed by atoms with Gasteiger partial charge in [0.15, 0.2) is 5.96 Å². The lowest BCUT2D eigenvalue weighted by Gasteiger charge is -2.19. The van der Waals surface area contributed by atoms with Crippen molar-refractivity contribution in [3.05, 3.63) is 53.6 Å². The third kappa shape index (κ3) is 7.34. The Labute approximate surface area is 191 Å². The second kappa shape index (κ2) is 12.2. The van der Waals surface area contributed by atoms with Gasteiger partial charge in [0.1, 0.15) is 23.4 Å². The highest BCUT2D eigenvalue weighted by atomic mass is 16.5. The molecule has 1 saturated heterocycles. The lowest BCUT2D eigenvalue weighted by atomic mass is 10.1. The monoisotopic (exact) mass is 441 g/mol. The van der Waals surface area contributed by atoms with Crippen LogP contribution in [0.1, 0.15) is 24.5 Å². The first kappa shape index (κ1) is 23.7. The molecule has 2 atom stereocenters. The zero-order valence-corrected chi connectivity index (χ0v) is 19.5. The Morgan fingerprint density at radius 2 is 2.03 bits per heavy atom. The predicted molar refractivity (Wildman–Crippen MR) is 127 cm³/mol. The molecule has 1 aliphatic heterocycles. The SMILES string of the molecule is CN=C(NCc1ccc(C)cc1OCC1CCOC1)NCC(C)Oc1cccc(OC)c1. The Morgan fingerprint density at radius 3 is 2.78 bits per heavy atom. The molecule has 2 unspecified atom stereocenters. The third-order valence-electron chi connectivity index (χ3n) is 5.33. The average molecular weight is 442 g/mol. The van der Waals surface area contributed by atoms with Gasteiger partial charge in [-0.25, -0.2) is 0 Å². The minimum absolute atomic E-state index is 0.0486. The van der Waals surface area contributed by atoms with Crippen molar-refractivity contribution in [1.82, 2.24) is 10.6 Å². The second-order valence-corrected chi connectivity index (χ2v) is 8.07. The van der Waals surface area contributed by atoms with Crippen LogP contribution < -0.4 is 24.8 Å². The lowest BCUT2D eigenvalue weighted by molar-refractivity contribution is 0.166. The highest BCUT2D eigenvalue weighted by molar-refractivity contribution is 5.79. The number of rotatable bonds is 10. The standard InChI is InChI=1S/C25H35N3O4/c1-18-8-9-21(24(12-18)31-17-20-10-11-30-16-20)15-28-25(26-3)27-14-19(2)32-23-7-5-6-22(13-23)29-4/h5-9,12-13,19-20H,10-11,14-17H2,1-4H3,(H2,26,27,28). The van der Waals surface area contributed by atoms with E-state index >= 15 is 0 Å². The number of aliphatic imine (C=N–C) groups is 1. The molecular weight excluding hydrogens is 406 g/mol. The molecule has 0 spiro atoms. The largest absolute Gasteiger partial charge is 0.497 e. The van der Waals surface area contributed by atoms with Gasteiger partial charge in [-0.15, -0.1) is 0 Å². The van der Waals surface area contributed by atoms with E-state index in [0.29, 0.717) is 31.6 Å². The van der Waals surface area contributed by atoms with Gasteiger partial charge in [0.05, 0.1) is 26.9 Å². The Bertz CT molecular complexity index is 881. The quantitative estimate of drug-likeness (QED) is 0.434. The summed E-state index contributed by atoms with van der Waals surface area (Å²) in [6, 6.07) is 13.9. The second-order valence-electron chi connectivity index (χ2n) is 8.07. The minimum atomic E-state index is -0.0486. The summed E-state index contributed by atoms with van der Waals surface area (Å²) in [5.74, 6) is 3.64. The number of nitrogens with one attached hydrogen (secondary N) is 2. The van der Waals surface area contributed by atoms with Gasteiger partial charge >= 0.3 is 0 Å². The summed E-state index contributed by atoms with van der Waals surface area (Å²) in [6.07, 6.45) is 1.01. The fourth-order valence-electron chi connectivity index (χ4n) is 3.45. The number of aryl methyl sites for hydroxylation is 1. The summed E-state index contributed by atoms with van der Waals surface area (Å²) in [5, 5.41) is 6.69. The summed E-state index contributed by atoms with van der Waals surface area (Å²) >= 11 is 0. The van der Waals surface area contributed by atoms with Crippen LogP contribution in [0, 0.1) is 12.8 Å². The van der Waals surface area contributed by atoms with Crippen LogP contribution in [0.15, 0.2) is 47.5 Å². The third-order valence-corrected chi connectivity index (χ3v) is 5.33. The predicted octanol–water partition coefficient (Wildman–Crippen LogP) is 3.55. The smallest absolute Gasteiger partial charge is 0.191 e. The van der Waals surface area contributed by atoms with Gasteiger partial charge in [0.2, 0.25) is 0 Å². The zero-order chi connectivity index (χ0) is 22.8. The molecule has 2 N–H and O–H groups in total. The van der Waals surface area contributed by atoms with Crippen LogP contribution in [0.4, 0.5) is 0 Å². The first-order chi connectivity index (χ1) is 15.6. The zero-order valence-electron chi connectivity index (χ0n) is 19.5. The highest BCUT2D eigenvalue weighted by Gasteiger charge is 2.17. The van der Waals surface area contributed by atoms with Crippen LogP contribution in [0.3, 0.4) is 0 Å². The summed E-state index contributed by atoms with van der Waals surface area (Å²) in [4.78, 5) is 4.33. The maximum atomic E-state index is 6.14. The highest BCUT2D eigenvalue weighted by Crippen LogP contribution is 2.23. The lowest BCUT2D eigenvalue weighted by Crippen LogP contribution is -2.41. The van der Waals surface area contributed by atoms with E-state index in [-0.39, 0.29) is 6.10 Å². The van der Waals surface area contributed by atoms with E-state index in [0.717, 1.165) is 42.4 Å². The molecule has 1 fully saturated rings. The molecule has 1 aliphatic rings. The van der Waals surface area contributed by atoms with E-state index in [1.807, 2.05) is 31.2 Å². The van der Waals surface area contributed by atoms with E-state index < -0.39 is 0 Å². The van der Waals surface area contributed by atoms with Gasteiger partial charge in [-0.3, -0.25) is 4.99 Å². The first-order valence-corrected chi connectivity index (χ1v) is 11.1. The van der Waals surface area contributed by atoms with Crippen molar-refractivity contribution in [2.24, 2.45) is 10.9 Å². The van der Waals surface area contributed by atoms with E-state index in [4.69, 9.17) is 18.9 Å². The van der Waals surface area contributed by atoms with E-state index in [1.54, 1.807) is 14.2 Å². The van der Waals surface area contributed by atoms with Crippen molar-refractivity contribution < 1.29 is 18.9 Å². The summed E-state index contributed by atoms with van der Waals surface area (Å²) in [6.45, 7) is 7.61. The summed E-state index contributed by atoms with van der Waals surface area (Å²) < 4.78 is 22.8. The van der Waals surface area contributed by atoms with Crippen molar-refractivity contribution in [3.63, 3.8) is 0 Å². The van der Waals surface area contributed by atoms with Gasteiger partial charge < -0.3 is 29.6 Å². The molecule has 0 aromatic heterocycles. The van der Waals surface area contributed by atoms with E-state index in [9.17, 15) is 0 Å².